The number of rotatable bonds is 5. The predicted molar refractivity (Wildman–Crippen MR) is 58.2 cm³/mol. The van der Waals surface area contributed by atoms with Crippen molar-refractivity contribution in [2.45, 2.75) is 12.2 Å². The summed E-state index contributed by atoms with van der Waals surface area (Å²) < 4.78 is 37.5. The SMILES string of the molecule is CNc1cc(NC(CO)CO)nc(C(F)(F)F)n1. The van der Waals surface area contributed by atoms with Gasteiger partial charge in [-0.05, 0) is 0 Å². The molecule has 4 N–H and O–H groups in total. The van der Waals surface area contributed by atoms with Crippen molar-refractivity contribution in [2.24, 2.45) is 0 Å². The van der Waals surface area contributed by atoms with Gasteiger partial charge in [0.25, 0.3) is 0 Å². The number of aromatic nitrogens is 2. The average molecular weight is 266 g/mol. The minimum atomic E-state index is -4.67. The Bertz CT molecular complexity index is 396. The number of alkyl halides is 3. The molecule has 0 aliphatic carbocycles. The number of aliphatic hydroxyl groups is 2. The highest BCUT2D eigenvalue weighted by Gasteiger charge is 2.35. The van der Waals surface area contributed by atoms with Crippen molar-refractivity contribution < 1.29 is 23.4 Å². The Labute approximate surface area is 101 Å². The second kappa shape index (κ2) is 5.83. The lowest BCUT2D eigenvalue weighted by molar-refractivity contribution is -0.144. The lowest BCUT2D eigenvalue weighted by atomic mass is 10.3. The molecule has 6 nitrogen and oxygen atoms in total. The maximum atomic E-state index is 12.5. The van der Waals surface area contributed by atoms with Crippen molar-refractivity contribution in [3.63, 3.8) is 0 Å². The van der Waals surface area contributed by atoms with Crippen molar-refractivity contribution >= 4 is 11.6 Å². The lowest BCUT2D eigenvalue weighted by Gasteiger charge is -2.16. The molecule has 0 bridgehead atoms. The number of anilines is 2. The molecule has 0 aliphatic rings. The quantitative estimate of drug-likeness (QED) is 0.613. The van der Waals surface area contributed by atoms with E-state index < -0.39 is 31.3 Å². The maximum Gasteiger partial charge on any atom is 0.451 e. The lowest BCUT2D eigenvalue weighted by Crippen LogP contribution is -2.28. The monoisotopic (exact) mass is 266 g/mol. The van der Waals surface area contributed by atoms with E-state index >= 15 is 0 Å². The third-order valence-electron chi connectivity index (χ3n) is 2.03. The first-order valence-electron chi connectivity index (χ1n) is 5.03. The van der Waals surface area contributed by atoms with E-state index in [9.17, 15) is 13.2 Å². The van der Waals surface area contributed by atoms with Crippen LogP contribution in [0.3, 0.4) is 0 Å². The summed E-state index contributed by atoms with van der Waals surface area (Å²) >= 11 is 0. The highest BCUT2D eigenvalue weighted by atomic mass is 19.4. The molecule has 0 fully saturated rings. The zero-order valence-electron chi connectivity index (χ0n) is 9.49. The molecule has 1 aromatic rings. The summed E-state index contributed by atoms with van der Waals surface area (Å²) in [4.78, 5) is 6.55. The van der Waals surface area contributed by atoms with Crippen molar-refractivity contribution in [3.8, 4) is 0 Å². The number of nitrogens with one attached hydrogen (secondary N) is 2. The van der Waals surface area contributed by atoms with Crippen LogP contribution in [-0.2, 0) is 6.18 Å². The zero-order valence-corrected chi connectivity index (χ0v) is 9.49. The Balaban J connectivity index is 3.04. The molecule has 0 atom stereocenters. The highest BCUT2D eigenvalue weighted by molar-refractivity contribution is 5.48. The first-order valence-corrected chi connectivity index (χ1v) is 5.03. The van der Waals surface area contributed by atoms with Crippen LogP contribution < -0.4 is 10.6 Å². The maximum absolute atomic E-state index is 12.5. The van der Waals surface area contributed by atoms with Crippen molar-refractivity contribution in [2.75, 3.05) is 30.9 Å². The fourth-order valence-electron chi connectivity index (χ4n) is 1.13. The first-order chi connectivity index (χ1) is 8.40. The molecule has 18 heavy (non-hydrogen) atoms. The van der Waals surface area contributed by atoms with E-state index in [1.807, 2.05) is 0 Å². The molecule has 0 spiro atoms. The minimum absolute atomic E-state index is 0.0190. The van der Waals surface area contributed by atoms with E-state index in [1.165, 1.54) is 13.1 Å². The standard InChI is InChI=1S/C9H13F3N4O2/c1-13-6-2-7(14-5(3-17)4-18)16-8(15-6)9(10,11)12/h2,5,17-18H,3-4H2,1H3,(H2,13,14,15,16). The molecule has 0 amide bonds. The summed E-state index contributed by atoms with van der Waals surface area (Å²) in [6, 6.07) is 0.457. The van der Waals surface area contributed by atoms with Crippen LogP contribution >= 0.6 is 0 Å². The fourth-order valence-corrected chi connectivity index (χ4v) is 1.13. The molecular formula is C9H13F3N4O2. The third kappa shape index (κ3) is 3.70. The van der Waals surface area contributed by atoms with Gasteiger partial charge in [-0.3, -0.25) is 0 Å². The Morgan fingerprint density at radius 1 is 1.22 bits per heavy atom. The number of nitrogens with zero attached hydrogens (tertiary/aromatic N) is 2. The minimum Gasteiger partial charge on any atom is -0.394 e. The summed E-state index contributed by atoms with van der Waals surface area (Å²) in [6.07, 6.45) is -4.67. The summed E-state index contributed by atoms with van der Waals surface area (Å²) in [7, 11) is 1.42. The summed E-state index contributed by atoms with van der Waals surface area (Å²) in [5.74, 6) is -1.45. The largest absolute Gasteiger partial charge is 0.451 e. The van der Waals surface area contributed by atoms with E-state index in [2.05, 4.69) is 20.6 Å². The molecule has 0 radical (unpaired) electrons. The third-order valence-corrected chi connectivity index (χ3v) is 2.03. The van der Waals surface area contributed by atoms with E-state index in [-0.39, 0.29) is 11.6 Å². The van der Waals surface area contributed by atoms with Gasteiger partial charge >= 0.3 is 6.18 Å². The van der Waals surface area contributed by atoms with Gasteiger partial charge in [0.2, 0.25) is 5.82 Å². The van der Waals surface area contributed by atoms with Crippen LogP contribution in [0.4, 0.5) is 24.8 Å². The van der Waals surface area contributed by atoms with Crippen LogP contribution in [-0.4, -0.2) is 46.5 Å². The van der Waals surface area contributed by atoms with E-state index in [1.54, 1.807) is 0 Å². The topological polar surface area (TPSA) is 90.3 Å². The number of hydrogen-bond donors (Lipinski definition) is 4. The molecule has 0 unspecified atom stereocenters. The molecule has 0 aliphatic heterocycles. The van der Waals surface area contributed by atoms with Crippen molar-refractivity contribution in [1.82, 2.24) is 9.97 Å². The Morgan fingerprint density at radius 2 is 1.78 bits per heavy atom. The van der Waals surface area contributed by atoms with Gasteiger partial charge in [0.1, 0.15) is 11.6 Å². The Morgan fingerprint density at radius 3 is 2.22 bits per heavy atom. The number of halogens is 3. The van der Waals surface area contributed by atoms with Gasteiger partial charge in [-0.15, -0.1) is 0 Å². The van der Waals surface area contributed by atoms with Gasteiger partial charge in [-0.2, -0.15) is 13.2 Å². The van der Waals surface area contributed by atoms with Gasteiger partial charge in [-0.25, -0.2) is 9.97 Å². The normalized spacial score (nSPS) is 11.7. The van der Waals surface area contributed by atoms with Crippen LogP contribution in [0.5, 0.6) is 0 Å². The summed E-state index contributed by atoms with van der Waals surface area (Å²) in [6.45, 7) is -0.868. The fraction of sp³-hybridized carbons (Fsp3) is 0.556. The highest BCUT2D eigenvalue weighted by Crippen LogP contribution is 2.28. The second-order valence-corrected chi connectivity index (χ2v) is 3.42. The zero-order chi connectivity index (χ0) is 13.8. The number of hydrogen-bond acceptors (Lipinski definition) is 6. The predicted octanol–water partition coefficient (Wildman–Crippen LogP) is 0.302. The van der Waals surface area contributed by atoms with Gasteiger partial charge in [0.15, 0.2) is 0 Å². The van der Waals surface area contributed by atoms with Gasteiger partial charge < -0.3 is 20.8 Å². The number of aliphatic hydroxyl groups excluding tert-OH is 2. The second-order valence-electron chi connectivity index (χ2n) is 3.42. The van der Waals surface area contributed by atoms with E-state index in [4.69, 9.17) is 10.2 Å². The summed E-state index contributed by atoms with van der Waals surface area (Å²) in [5.41, 5.74) is 0. The van der Waals surface area contributed by atoms with Crippen molar-refractivity contribution in [1.29, 1.82) is 0 Å². The molecular weight excluding hydrogens is 253 g/mol. The van der Waals surface area contributed by atoms with Gasteiger partial charge in [0.05, 0.1) is 19.3 Å². The molecule has 102 valence electrons. The average Bonchev–Trinajstić information content (AvgIpc) is 2.34. The van der Waals surface area contributed by atoms with Crippen LogP contribution in [0, 0.1) is 0 Å². The molecule has 1 aromatic heterocycles. The van der Waals surface area contributed by atoms with Crippen LogP contribution in [0.2, 0.25) is 0 Å². The van der Waals surface area contributed by atoms with Crippen LogP contribution in [0.15, 0.2) is 6.07 Å². The van der Waals surface area contributed by atoms with Gasteiger partial charge in [-0.1, -0.05) is 0 Å². The molecule has 1 heterocycles. The molecule has 0 saturated carbocycles. The van der Waals surface area contributed by atoms with Gasteiger partial charge in [0, 0.05) is 13.1 Å². The molecule has 9 heteroatoms. The molecule has 0 saturated heterocycles. The van der Waals surface area contributed by atoms with E-state index in [0.717, 1.165) is 0 Å². The molecule has 0 aromatic carbocycles. The van der Waals surface area contributed by atoms with Crippen molar-refractivity contribution in [3.05, 3.63) is 11.9 Å². The Hall–Kier alpha value is -1.61. The van der Waals surface area contributed by atoms with Crippen LogP contribution in [0.1, 0.15) is 5.82 Å². The van der Waals surface area contributed by atoms with Crippen LogP contribution in [0.25, 0.3) is 0 Å². The summed E-state index contributed by atoms with van der Waals surface area (Å²) in [5, 5.41) is 22.6. The first kappa shape index (κ1) is 14.5. The molecule has 1 rings (SSSR count). The van der Waals surface area contributed by atoms with E-state index in [0.29, 0.717) is 0 Å². The Kier molecular flexibility index (Phi) is 4.68. The smallest absolute Gasteiger partial charge is 0.394 e.